The SMILES string of the molecule is CC/C=C(\NN)NC(C)C(C)(C)C(C)(C)CC1CCC2C3CCC4(N)CCCCC4(C)C3CCC12C. The van der Waals surface area contributed by atoms with Gasteiger partial charge in [-0.15, -0.1) is 0 Å². The van der Waals surface area contributed by atoms with Crippen LogP contribution >= 0.6 is 0 Å². The minimum absolute atomic E-state index is 0.108. The molecule has 8 unspecified atom stereocenters. The summed E-state index contributed by atoms with van der Waals surface area (Å²) in [6.45, 7) is 19.8. The van der Waals surface area contributed by atoms with Gasteiger partial charge in [0.05, 0.1) is 0 Å². The maximum atomic E-state index is 7.20. The molecule has 4 saturated carbocycles. The van der Waals surface area contributed by atoms with Gasteiger partial charge in [-0.25, -0.2) is 5.84 Å². The summed E-state index contributed by atoms with van der Waals surface area (Å²) in [4.78, 5) is 0. The Balaban J connectivity index is 1.50. The first-order valence-corrected chi connectivity index (χ1v) is 15.5. The van der Waals surface area contributed by atoms with E-state index in [2.05, 4.69) is 72.2 Å². The summed E-state index contributed by atoms with van der Waals surface area (Å²) in [5, 5.41) is 3.69. The average Bonchev–Trinajstić information content (AvgIpc) is 3.14. The van der Waals surface area contributed by atoms with Gasteiger partial charge in [0.15, 0.2) is 0 Å². The molecule has 0 bridgehead atoms. The second-order valence-electron chi connectivity index (χ2n) is 15.4. The molecule has 4 rings (SSSR count). The van der Waals surface area contributed by atoms with E-state index < -0.39 is 0 Å². The minimum atomic E-state index is 0.108. The van der Waals surface area contributed by atoms with Gasteiger partial charge in [0.1, 0.15) is 5.82 Å². The number of allylic oxidation sites excluding steroid dienone is 1. The highest BCUT2D eigenvalue weighted by Crippen LogP contribution is 2.69. The van der Waals surface area contributed by atoms with Crippen molar-refractivity contribution in [3.63, 3.8) is 0 Å². The smallest absolute Gasteiger partial charge is 0.109 e. The topological polar surface area (TPSA) is 76.1 Å². The highest BCUT2D eigenvalue weighted by molar-refractivity contribution is 5.15. The van der Waals surface area contributed by atoms with Crippen LogP contribution in [0.2, 0.25) is 0 Å². The van der Waals surface area contributed by atoms with Gasteiger partial charge >= 0.3 is 0 Å². The lowest BCUT2D eigenvalue weighted by Crippen LogP contribution is -2.65. The van der Waals surface area contributed by atoms with Crippen LogP contribution in [0.4, 0.5) is 0 Å². The molecular weight excluding hydrogens is 440 g/mol. The van der Waals surface area contributed by atoms with E-state index in [0.717, 1.165) is 35.9 Å². The first-order chi connectivity index (χ1) is 16.8. The predicted octanol–water partition coefficient (Wildman–Crippen LogP) is 7.25. The molecule has 0 spiro atoms. The highest BCUT2D eigenvalue weighted by Gasteiger charge is 2.63. The third-order valence-corrected chi connectivity index (χ3v) is 13.6. The third-order valence-electron chi connectivity index (χ3n) is 13.6. The molecule has 8 atom stereocenters. The van der Waals surface area contributed by atoms with Crippen molar-refractivity contribution in [3.05, 3.63) is 11.9 Å². The van der Waals surface area contributed by atoms with E-state index in [1.54, 1.807) is 0 Å². The molecule has 0 aromatic heterocycles. The van der Waals surface area contributed by atoms with Crippen molar-refractivity contribution in [2.75, 3.05) is 0 Å². The maximum Gasteiger partial charge on any atom is 0.109 e. The van der Waals surface area contributed by atoms with E-state index in [-0.39, 0.29) is 16.4 Å². The van der Waals surface area contributed by atoms with Gasteiger partial charge in [0.2, 0.25) is 0 Å². The Labute approximate surface area is 223 Å². The Morgan fingerprint density at radius 1 is 0.972 bits per heavy atom. The van der Waals surface area contributed by atoms with Crippen LogP contribution in [-0.4, -0.2) is 11.6 Å². The van der Waals surface area contributed by atoms with E-state index in [9.17, 15) is 0 Å². The molecular formula is C32H60N4. The molecule has 4 fully saturated rings. The Hall–Kier alpha value is -0.740. The number of nitrogens with two attached hydrogens (primary N) is 2. The fourth-order valence-electron chi connectivity index (χ4n) is 10.0. The zero-order valence-corrected chi connectivity index (χ0v) is 25.1. The number of nitrogens with one attached hydrogen (secondary N) is 2. The van der Waals surface area contributed by atoms with E-state index in [0.29, 0.717) is 16.9 Å². The van der Waals surface area contributed by atoms with Gasteiger partial charge in [0, 0.05) is 11.6 Å². The van der Waals surface area contributed by atoms with Crippen LogP contribution in [0.3, 0.4) is 0 Å². The van der Waals surface area contributed by atoms with Crippen molar-refractivity contribution in [1.29, 1.82) is 0 Å². The molecule has 4 aliphatic carbocycles. The molecule has 0 heterocycles. The highest BCUT2D eigenvalue weighted by atomic mass is 15.3. The van der Waals surface area contributed by atoms with Crippen molar-refractivity contribution in [1.82, 2.24) is 10.7 Å². The fourth-order valence-corrected chi connectivity index (χ4v) is 10.0. The van der Waals surface area contributed by atoms with Crippen molar-refractivity contribution >= 4 is 0 Å². The molecule has 0 amide bonds. The quantitative estimate of drug-likeness (QED) is 0.209. The molecule has 4 aliphatic rings. The van der Waals surface area contributed by atoms with Crippen LogP contribution in [0.15, 0.2) is 11.9 Å². The van der Waals surface area contributed by atoms with Crippen LogP contribution in [-0.2, 0) is 0 Å². The minimum Gasteiger partial charge on any atom is -0.368 e. The predicted molar refractivity (Wildman–Crippen MR) is 154 cm³/mol. The van der Waals surface area contributed by atoms with E-state index in [1.165, 1.54) is 70.6 Å². The lowest BCUT2D eigenvalue weighted by Gasteiger charge is -2.64. The van der Waals surface area contributed by atoms with Crippen molar-refractivity contribution < 1.29 is 0 Å². The monoisotopic (exact) mass is 500 g/mol. The van der Waals surface area contributed by atoms with Crippen molar-refractivity contribution in [2.45, 2.75) is 144 Å². The number of hydrazine groups is 1. The molecule has 0 aromatic carbocycles. The van der Waals surface area contributed by atoms with Crippen LogP contribution in [0, 0.1) is 45.3 Å². The zero-order valence-electron chi connectivity index (χ0n) is 25.1. The summed E-state index contributed by atoms with van der Waals surface area (Å²) in [5.41, 5.74) is 11.4. The van der Waals surface area contributed by atoms with Gasteiger partial charge in [-0.3, -0.25) is 0 Å². The molecule has 4 heteroatoms. The molecule has 0 saturated heterocycles. The van der Waals surface area contributed by atoms with Gasteiger partial charge in [-0.2, -0.15) is 0 Å². The largest absolute Gasteiger partial charge is 0.368 e. The summed E-state index contributed by atoms with van der Waals surface area (Å²) < 4.78 is 0. The zero-order chi connectivity index (χ0) is 26.6. The summed E-state index contributed by atoms with van der Waals surface area (Å²) in [6, 6.07) is 0.323. The second kappa shape index (κ2) is 9.78. The molecule has 36 heavy (non-hydrogen) atoms. The summed E-state index contributed by atoms with van der Waals surface area (Å²) in [7, 11) is 0. The molecule has 208 valence electrons. The number of hydrogen-bond acceptors (Lipinski definition) is 4. The molecule has 0 aliphatic heterocycles. The number of rotatable bonds is 8. The first-order valence-electron chi connectivity index (χ1n) is 15.5. The molecule has 4 nitrogen and oxygen atoms in total. The van der Waals surface area contributed by atoms with E-state index >= 15 is 0 Å². The fraction of sp³-hybridized carbons (Fsp3) is 0.938. The number of fused-ring (bicyclic) bond motifs is 5. The van der Waals surface area contributed by atoms with Gasteiger partial charge in [-0.05, 0) is 123 Å². The lowest BCUT2D eigenvalue weighted by atomic mass is 9.42. The van der Waals surface area contributed by atoms with E-state index in [4.69, 9.17) is 11.6 Å². The van der Waals surface area contributed by atoms with Crippen molar-refractivity contribution in [3.8, 4) is 0 Å². The summed E-state index contributed by atoms with van der Waals surface area (Å²) in [5.74, 6) is 10.2. The lowest BCUT2D eigenvalue weighted by molar-refractivity contribution is -0.125. The molecule has 6 N–H and O–H groups in total. The Kier molecular flexibility index (Phi) is 7.68. The first kappa shape index (κ1) is 28.3. The second-order valence-corrected chi connectivity index (χ2v) is 15.4. The normalized spacial score (nSPS) is 42.2. The van der Waals surface area contributed by atoms with Gasteiger partial charge < -0.3 is 16.5 Å². The van der Waals surface area contributed by atoms with Crippen LogP contribution in [0.1, 0.15) is 132 Å². The standard InChI is InChI=1S/C32H60N4/c1-9-12-27(36-34)35-22(2)29(5,6)28(3,4)21-23-13-14-25-24-15-20-32(33)18-11-10-17-31(32,8)26(24)16-19-30(23,25)7/h12,22-26,35-36H,9-11,13-21,33-34H2,1-8H3/b27-12-. The van der Waals surface area contributed by atoms with E-state index in [1.807, 2.05) is 0 Å². The van der Waals surface area contributed by atoms with Crippen molar-refractivity contribution in [2.24, 2.45) is 56.9 Å². The molecule has 0 aromatic rings. The number of hydrogen-bond donors (Lipinski definition) is 4. The van der Waals surface area contributed by atoms with Crippen LogP contribution < -0.4 is 22.3 Å². The Morgan fingerprint density at radius 2 is 1.67 bits per heavy atom. The van der Waals surface area contributed by atoms with Crippen LogP contribution in [0.25, 0.3) is 0 Å². The molecule has 0 radical (unpaired) electrons. The third kappa shape index (κ3) is 4.34. The van der Waals surface area contributed by atoms with Gasteiger partial charge in [-0.1, -0.05) is 61.3 Å². The Bertz CT molecular complexity index is 817. The average molecular weight is 501 g/mol. The summed E-state index contributed by atoms with van der Waals surface area (Å²) in [6.07, 6.45) is 18.2. The maximum absolute atomic E-state index is 7.20. The van der Waals surface area contributed by atoms with Crippen LogP contribution in [0.5, 0.6) is 0 Å². The van der Waals surface area contributed by atoms with Gasteiger partial charge in [0.25, 0.3) is 0 Å². The Morgan fingerprint density at radius 3 is 2.33 bits per heavy atom. The summed E-state index contributed by atoms with van der Waals surface area (Å²) >= 11 is 0.